The van der Waals surface area contributed by atoms with Crippen LogP contribution in [0.3, 0.4) is 0 Å². The Morgan fingerprint density at radius 2 is 2.26 bits per heavy atom. The van der Waals surface area contributed by atoms with Crippen molar-refractivity contribution in [2.75, 3.05) is 25.6 Å². The molecule has 1 aromatic carbocycles. The van der Waals surface area contributed by atoms with E-state index in [0.29, 0.717) is 12.5 Å². The molecule has 0 spiro atoms. The lowest BCUT2D eigenvalue weighted by atomic mass is 10.1. The van der Waals surface area contributed by atoms with Crippen LogP contribution in [-0.4, -0.2) is 32.2 Å². The van der Waals surface area contributed by atoms with Gasteiger partial charge in [-0.25, -0.2) is 0 Å². The highest BCUT2D eigenvalue weighted by Gasteiger charge is 2.23. The van der Waals surface area contributed by atoms with Crippen LogP contribution in [0.15, 0.2) is 24.3 Å². The van der Waals surface area contributed by atoms with Crippen molar-refractivity contribution >= 4 is 11.6 Å². The first kappa shape index (κ1) is 14.0. The largest absolute Gasteiger partial charge is 0.384 e. The first-order chi connectivity index (χ1) is 9.20. The quantitative estimate of drug-likeness (QED) is 0.851. The Morgan fingerprint density at radius 3 is 3.05 bits per heavy atom. The van der Waals surface area contributed by atoms with E-state index in [1.165, 1.54) is 5.56 Å². The van der Waals surface area contributed by atoms with Crippen molar-refractivity contribution in [1.29, 1.82) is 0 Å². The average molecular weight is 262 g/mol. The fourth-order valence-electron chi connectivity index (χ4n) is 2.39. The van der Waals surface area contributed by atoms with Gasteiger partial charge in [0.2, 0.25) is 5.91 Å². The number of methoxy groups -OCH3 is 1. The van der Waals surface area contributed by atoms with Crippen molar-refractivity contribution in [3.05, 3.63) is 29.8 Å². The van der Waals surface area contributed by atoms with E-state index in [1.54, 1.807) is 7.11 Å². The number of amides is 1. The third kappa shape index (κ3) is 3.78. The molecule has 19 heavy (non-hydrogen) atoms. The standard InChI is InChI=1S/C15H22N2O2/c1-11(10-19-2)9-16-14-8-7-12-5-3-4-6-13(12)17-15(14)18/h3-6,11,14,16H,7-10H2,1-2H3,(H,17,18). The third-order valence-corrected chi connectivity index (χ3v) is 3.46. The molecule has 0 radical (unpaired) electrons. The van der Waals surface area contributed by atoms with Crippen molar-refractivity contribution in [3.8, 4) is 0 Å². The number of rotatable bonds is 5. The highest BCUT2D eigenvalue weighted by molar-refractivity contribution is 5.96. The lowest BCUT2D eigenvalue weighted by molar-refractivity contribution is -0.118. The van der Waals surface area contributed by atoms with Gasteiger partial charge in [0, 0.05) is 25.9 Å². The molecule has 4 nitrogen and oxygen atoms in total. The van der Waals surface area contributed by atoms with E-state index < -0.39 is 0 Å². The summed E-state index contributed by atoms with van der Waals surface area (Å²) in [5.41, 5.74) is 2.16. The second-order valence-electron chi connectivity index (χ2n) is 5.21. The van der Waals surface area contributed by atoms with Crippen LogP contribution >= 0.6 is 0 Å². The maximum atomic E-state index is 12.1. The molecule has 1 amide bonds. The molecule has 2 unspecified atom stereocenters. The van der Waals surface area contributed by atoms with Gasteiger partial charge in [-0.3, -0.25) is 4.79 Å². The minimum absolute atomic E-state index is 0.0644. The van der Waals surface area contributed by atoms with Crippen LogP contribution in [0.4, 0.5) is 5.69 Å². The van der Waals surface area contributed by atoms with E-state index in [1.807, 2.05) is 18.2 Å². The summed E-state index contributed by atoms with van der Waals surface area (Å²) in [5, 5.41) is 6.33. The summed E-state index contributed by atoms with van der Waals surface area (Å²) in [6.45, 7) is 3.61. The molecule has 0 fully saturated rings. The smallest absolute Gasteiger partial charge is 0.241 e. The average Bonchev–Trinajstić information content (AvgIpc) is 2.55. The summed E-state index contributed by atoms with van der Waals surface area (Å²) in [5.74, 6) is 0.470. The van der Waals surface area contributed by atoms with Gasteiger partial charge in [0.15, 0.2) is 0 Å². The van der Waals surface area contributed by atoms with Gasteiger partial charge in [-0.05, 0) is 30.4 Å². The lowest BCUT2D eigenvalue weighted by Gasteiger charge is -2.18. The van der Waals surface area contributed by atoms with Gasteiger partial charge in [-0.15, -0.1) is 0 Å². The molecule has 104 valence electrons. The predicted octanol–water partition coefficient (Wildman–Crippen LogP) is 1.81. The van der Waals surface area contributed by atoms with Crippen LogP contribution in [0, 0.1) is 5.92 Å². The Bertz CT molecular complexity index is 434. The Labute approximate surface area is 114 Å². The number of para-hydroxylation sites is 1. The summed E-state index contributed by atoms with van der Waals surface area (Å²) < 4.78 is 5.11. The number of benzene rings is 1. The minimum Gasteiger partial charge on any atom is -0.384 e. The maximum absolute atomic E-state index is 12.1. The zero-order valence-corrected chi connectivity index (χ0v) is 11.6. The highest BCUT2D eigenvalue weighted by atomic mass is 16.5. The third-order valence-electron chi connectivity index (χ3n) is 3.46. The molecule has 0 bridgehead atoms. The monoisotopic (exact) mass is 262 g/mol. The molecule has 0 saturated heterocycles. The van der Waals surface area contributed by atoms with Crippen LogP contribution in [-0.2, 0) is 16.0 Å². The van der Waals surface area contributed by atoms with E-state index in [4.69, 9.17) is 4.74 Å². The number of carbonyl (C=O) groups excluding carboxylic acids is 1. The molecule has 4 heteroatoms. The Morgan fingerprint density at radius 1 is 1.47 bits per heavy atom. The minimum atomic E-state index is -0.119. The van der Waals surface area contributed by atoms with Crippen molar-refractivity contribution < 1.29 is 9.53 Å². The molecule has 0 aromatic heterocycles. The van der Waals surface area contributed by atoms with Crippen molar-refractivity contribution in [2.45, 2.75) is 25.8 Å². The Balaban J connectivity index is 1.93. The molecule has 2 N–H and O–H groups in total. The van der Waals surface area contributed by atoms with Crippen LogP contribution in [0.25, 0.3) is 0 Å². The van der Waals surface area contributed by atoms with Crippen LogP contribution in [0.5, 0.6) is 0 Å². The van der Waals surface area contributed by atoms with Gasteiger partial charge in [0.1, 0.15) is 0 Å². The molecular formula is C15H22N2O2. The number of fused-ring (bicyclic) bond motifs is 1. The number of hydrogen-bond acceptors (Lipinski definition) is 3. The molecule has 1 aromatic rings. The highest BCUT2D eigenvalue weighted by Crippen LogP contribution is 2.21. The van der Waals surface area contributed by atoms with Gasteiger partial charge in [-0.1, -0.05) is 25.1 Å². The van der Waals surface area contributed by atoms with Gasteiger partial charge in [0.05, 0.1) is 6.04 Å². The van der Waals surface area contributed by atoms with E-state index in [9.17, 15) is 4.79 Å². The number of nitrogens with one attached hydrogen (secondary N) is 2. The molecule has 1 heterocycles. The SMILES string of the molecule is COCC(C)CNC1CCc2ccccc2NC1=O. The van der Waals surface area contributed by atoms with E-state index >= 15 is 0 Å². The summed E-state index contributed by atoms with van der Waals surface area (Å²) in [6.07, 6.45) is 1.76. The molecule has 1 aliphatic heterocycles. The van der Waals surface area contributed by atoms with E-state index in [0.717, 1.165) is 25.1 Å². The number of hydrogen-bond donors (Lipinski definition) is 2. The van der Waals surface area contributed by atoms with Crippen LogP contribution < -0.4 is 10.6 Å². The number of aryl methyl sites for hydroxylation is 1. The van der Waals surface area contributed by atoms with Gasteiger partial charge < -0.3 is 15.4 Å². The summed E-state index contributed by atoms with van der Waals surface area (Å²) in [7, 11) is 1.70. The fourth-order valence-corrected chi connectivity index (χ4v) is 2.39. The van der Waals surface area contributed by atoms with Crippen molar-refractivity contribution in [1.82, 2.24) is 5.32 Å². The zero-order valence-electron chi connectivity index (χ0n) is 11.6. The molecule has 0 aliphatic carbocycles. The Kier molecular flexibility index (Phi) is 4.93. The molecule has 0 saturated carbocycles. The number of anilines is 1. The molecule has 2 atom stereocenters. The van der Waals surface area contributed by atoms with E-state index in [-0.39, 0.29) is 11.9 Å². The molecule has 1 aliphatic rings. The number of carbonyl (C=O) groups is 1. The second-order valence-corrected chi connectivity index (χ2v) is 5.21. The summed E-state index contributed by atoms with van der Waals surface area (Å²) >= 11 is 0. The van der Waals surface area contributed by atoms with E-state index in [2.05, 4.69) is 23.6 Å². The first-order valence-electron chi connectivity index (χ1n) is 6.81. The Hall–Kier alpha value is -1.39. The topological polar surface area (TPSA) is 50.4 Å². The van der Waals surface area contributed by atoms with Crippen LogP contribution in [0.1, 0.15) is 18.9 Å². The second kappa shape index (κ2) is 6.68. The lowest BCUT2D eigenvalue weighted by Crippen LogP contribution is -2.42. The van der Waals surface area contributed by atoms with Gasteiger partial charge in [0.25, 0.3) is 0 Å². The fraction of sp³-hybridized carbons (Fsp3) is 0.533. The van der Waals surface area contributed by atoms with Gasteiger partial charge in [-0.2, -0.15) is 0 Å². The van der Waals surface area contributed by atoms with Gasteiger partial charge >= 0.3 is 0 Å². The summed E-state index contributed by atoms with van der Waals surface area (Å²) in [6, 6.07) is 7.88. The normalized spacial score (nSPS) is 20.3. The predicted molar refractivity (Wildman–Crippen MR) is 76.2 cm³/mol. The van der Waals surface area contributed by atoms with Crippen molar-refractivity contribution in [2.24, 2.45) is 5.92 Å². The zero-order chi connectivity index (χ0) is 13.7. The number of ether oxygens (including phenoxy) is 1. The molecule has 2 rings (SSSR count). The maximum Gasteiger partial charge on any atom is 0.241 e. The van der Waals surface area contributed by atoms with Crippen LogP contribution in [0.2, 0.25) is 0 Å². The van der Waals surface area contributed by atoms with Crippen molar-refractivity contribution in [3.63, 3.8) is 0 Å². The first-order valence-corrected chi connectivity index (χ1v) is 6.81. The molecular weight excluding hydrogens is 240 g/mol. The summed E-state index contributed by atoms with van der Waals surface area (Å²) in [4.78, 5) is 12.1.